The number of sulfonamides is 1. The van der Waals surface area contributed by atoms with E-state index in [1.807, 2.05) is 24.8 Å². The second-order valence-corrected chi connectivity index (χ2v) is 9.69. The molecule has 0 bridgehead atoms. The average molecular weight is 461 g/mol. The van der Waals surface area contributed by atoms with E-state index in [-0.39, 0.29) is 28.0 Å². The Kier molecular flexibility index (Phi) is 7.08. The molecule has 1 saturated heterocycles. The largest absolute Gasteiger partial charge is 0.478 e. The lowest BCUT2D eigenvalue weighted by molar-refractivity contribution is -0.148. The highest BCUT2D eigenvalue weighted by Gasteiger charge is 2.29. The fourth-order valence-electron chi connectivity index (χ4n) is 3.97. The third-order valence-corrected chi connectivity index (χ3v) is 6.72. The summed E-state index contributed by atoms with van der Waals surface area (Å²) in [6.45, 7) is 6.65. The van der Waals surface area contributed by atoms with Crippen LogP contribution in [0.1, 0.15) is 41.3 Å². The van der Waals surface area contributed by atoms with Gasteiger partial charge in [0.2, 0.25) is 0 Å². The quantitative estimate of drug-likeness (QED) is 0.607. The van der Waals surface area contributed by atoms with Crippen molar-refractivity contribution in [1.82, 2.24) is 0 Å². The molecule has 0 radical (unpaired) electrons. The van der Waals surface area contributed by atoms with E-state index in [0.29, 0.717) is 31.8 Å². The first-order valence-electron chi connectivity index (χ1n) is 10.5. The minimum Gasteiger partial charge on any atom is -0.478 e. The third-order valence-electron chi connectivity index (χ3n) is 5.38. The van der Waals surface area contributed by atoms with Gasteiger partial charge in [0, 0.05) is 13.1 Å². The SMILES string of the molecule is CCOC(=O)[C@@H]1CCCN(c2ccc(C(=O)O)cc2NS(=O)(=O)c2cc(C)cc(C)c2)C1. The smallest absolute Gasteiger partial charge is 0.335 e. The van der Waals surface area contributed by atoms with Gasteiger partial charge in [-0.15, -0.1) is 0 Å². The summed E-state index contributed by atoms with van der Waals surface area (Å²) in [4.78, 5) is 25.8. The lowest BCUT2D eigenvalue weighted by Gasteiger charge is -2.34. The maximum absolute atomic E-state index is 13.1. The predicted molar refractivity (Wildman–Crippen MR) is 122 cm³/mol. The highest BCUT2D eigenvalue weighted by atomic mass is 32.2. The lowest BCUT2D eigenvalue weighted by Crippen LogP contribution is -2.39. The Hall–Kier alpha value is -3.07. The number of piperidine rings is 1. The zero-order valence-electron chi connectivity index (χ0n) is 18.4. The molecule has 1 aliphatic rings. The molecule has 0 amide bonds. The van der Waals surface area contributed by atoms with Gasteiger partial charge in [-0.3, -0.25) is 9.52 Å². The Bertz CT molecular complexity index is 1110. The van der Waals surface area contributed by atoms with Crippen molar-refractivity contribution in [1.29, 1.82) is 0 Å². The minimum absolute atomic E-state index is 0.0363. The Morgan fingerprint density at radius 2 is 1.84 bits per heavy atom. The number of carbonyl (C=O) groups is 2. The first-order chi connectivity index (χ1) is 15.1. The van der Waals surface area contributed by atoms with E-state index >= 15 is 0 Å². The van der Waals surface area contributed by atoms with Crippen molar-refractivity contribution in [2.24, 2.45) is 5.92 Å². The number of carbonyl (C=O) groups excluding carboxylic acids is 1. The fourth-order valence-corrected chi connectivity index (χ4v) is 5.22. The molecule has 0 unspecified atom stereocenters. The van der Waals surface area contributed by atoms with Gasteiger partial charge in [-0.25, -0.2) is 13.2 Å². The number of esters is 1. The molecule has 0 aliphatic carbocycles. The van der Waals surface area contributed by atoms with Gasteiger partial charge in [0.25, 0.3) is 10.0 Å². The van der Waals surface area contributed by atoms with E-state index in [0.717, 1.165) is 17.5 Å². The minimum atomic E-state index is -3.96. The third kappa shape index (κ3) is 5.40. The van der Waals surface area contributed by atoms with Crippen molar-refractivity contribution in [3.05, 3.63) is 53.1 Å². The van der Waals surface area contributed by atoms with E-state index < -0.39 is 16.0 Å². The second kappa shape index (κ2) is 9.60. The summed E-state index contributed by atoms with van der Waals surface area (Å²) in [5.41, 5.74) is 2.26. The molecule has 1 fully saturated rings. The molecule has 8 nitrogen and oxygen atoms in total. The Labute approximate surface area is 188 Å². The molecule has 1 heterocycles. The first kappa shape index (κ1) is 23.6. The average Bonchev–Trinajstić information content (AvgIpc) is 2.73. The summed E-state index contributed by atoms with van der Waals surface area (Å²) in [7, 11) is -3.96. The van der Waals surface area contributed by atoms with Gasteiger partial charge in [0.1, 0.15) is 0 Å². The van der Waals surface area contributed by atoms with Crippen molar-refractivity contribution in [2.75, 3.05) is 29.3 Å². The Morgan fingerprint density at radius 1 is 1.16 bits per heavy atom. The number of carboxylic acid groups (broad SMARTS) is 1. The van der Waals surface area contributed by atoms with Crippen LogP contribution < -0.4 is 9.62 Å². The fraction of sp³-hybridized carbons (Fsp3) is 0.391. The van der Waals surface area contributed by atoms with Gasteiger partial charge in [0.15, 0.2) is 0 Å². The van der Waals surface area contributed by atoms with Crippen LogP contribution in [-0.2, 0) is 19.6 Å². The van der Waals surface area contributed by atoms with E-state index in [9.17, 15) is 23.1 Å². The van der Waals surface area contributed by atoms with Gasteiger partial charge >= 0.3 is 11.9 Å². The molecule has 2 aromatic rings. The number of carboxylic acids is 1. The topological polar surface area (TPSA) is 113 Å². The molecule has 0 saturated carbocycles. The van der Waals surface area contributed by atoms with E-state index in [2.05, 4.69) is 4.72 Å². The molecule has 2 aromatic carbocycles. The molecule has 1 atom stereocenters. The molecular weight excluding hydrogens is 432 g/mol. The van der Waals surface area contributed by atoms with Gasteiger partial charge < -0.3 is 14.7 Å². The summed E-state index contributed by atoms with van der Waals surface area (Å²) in [6, 6.07) is 9.32. The van der Waals surface area contributed by atoms with E-state index in [4.69, 9.17) is 4.74 Å². The lowest BCUT2D eigenvalue weighted by atomic mass is 9.97. The zero-order valence-corrected chi connectivity index (χ0v) is 19.2. The summed E-state index contributed by atoms with van der Waals surface area (Å²) < 4.78 is 34.0. The molecule has 0 aromatic heterocycles. The number of rotatable bonds is 7. The molecule has 9 heteroatoms. The van der Waals surface area contributed by atoms with Crippen LogP contribution in [0.15, 0.2) is 41.3 Å². The number of aryl methyl sites for hydroxylation is 2. The van der Waals surface area contributed by atoms with Gasteiger partial charge in [-0.05, 0) is 75.1 Å². The summed E-state index contributed by atoms with van der Waals surface area (Å²) in [5, 5.41) is 9.42. The van der Waals surface area contributed by atoms with Gasteiger partial charge in [-0.2, -0.15) is 0 Å². The highest BCUT2D eigenvalue weighted by molar-refractivity contribution is 7.92. The van der Waals surface area contributed by atoms with Crippen LogP contribution in [-0.4, -0.2) is 45.2 Å². The van der Waals surface area contributed by atoms with E-state index in [1.165, 1.54) is 12.1 Å². The molecule has 32 heavy (non-hydrogen) atoms. The monoisotopic (exact) mass is 460 g/mol. The van der Waals surface area contributed by atoms with Gasteiger partial charge in [-0.1, -0.05) is 6.07 Å². The van der Waals surface area contributed by atoms with Crippen LogP contribution in [0.2, 0.25) is 0 Å². The molecule has 172 valence electrons. The maximum Gasteiger partial charge on any atom is 0.335 e. The number of hydrogen-bond donors (Lipinski definition) is 2. The van der Waals surface area contributed by atoms with Crippen molar-refractivity contribution in [3.8, 4) is 0 Å². The summed E-state index contributed by atoms with van der Waals surface area (Å²) in [6.07, 6.45) is 1.42. The number of benzene rings is 2. The van der Waals surface area contributed by atoms with Crippen LogP contribution in [0.4, 0.5) is 11.4 Å². The van der Waals surface area contributed by atoms with E-state index in [1.54, 1.807) is 25.1 Å². The van der Waals surface area contributed by atoms with Crippen LogP contribution in [0.3, 0.4) is 0 Å². The number of nitrogens with zero attached hydrogens (tertiary/aromatic N) is 1. The highest BCUT2D eigenvalue weighted by Crippen LogP contribution is 2.33. The number of ether oxygens (including phenoxy) is 1. The number of anilines is 2. The van der Waals surface area contributed by atoms with Gasteiger partial charge in [0.05, 0.1) is 34.4 Å². The van der Waals surface area contributed by atoms with Crippen LogP contribution in [0.5, 0.6) is 0 Å². The standard InChI is InChI=1S/C23H28N2O6S/c1-4-31-23(28)18-6-5-9-25(14-18)21-8-7-17(22(26)27)13-20(21)24-32(29,30)19-11-15(2)10-16(3)12-19/h7-8,10-13,18,24H,4-6,9,14H2,1-3H3,(H,26,27)/t18-/m1/s1. The molecule has 0 spiro atoms. The van der Waals surface area contributed by atoms with Crippen LogP contribution in [0.25, 0.3) is 0 Å². The van der Waals surface area contributed by atoms with Crippen molar-refractivity contribution >= 4 is 33.3 Å². The maximum atomic E-state index is 13.1. The molecular formula is C23H28N2O6S. The normalized spacial score (nSPS) is 16.5. The molecule has 3 rings (SSSR count). The van der Waals surface area contributed by atoms with Crippen LogP contribution >= 0.6 is 0 Å². The van der Waals surface area contributed by atoms with Crippen molar-refractivity contribution in [3.63, 3.8) is 0 Å². The molecule has 2 N–H and O–H groups in total. The first-order valence-corrected chi connectivity index (χ1v) is 12.0. The second-order valence-electron chi connectivity index (χ2n) is 8.00. The van der Waals surface area contributed by atoms with Crippen LogP contribution in [0, 0.1) is 19.8 Å². The van der Waals surface area contributed by atoms with Crippen molar-refractivity contribution < 1.29 is 27.9 Å². The number of nitrogens with one attached hydrogen (secondary N) is 1. The summed E-state index contributed by atoms with van der Waals surface area (Å²) in [5.74, 6) is -1.77. The Balaban J connectivity index is 1.98. The summed E-state index contributed by atoms with van der Waals surface area (Å²) >= 11 is 0. The molecule has 1 aliphatic heterocycles. The number of hydrogen-bond acceptors (Lipinski definition) is 6. The predicted octanol–water partition coefficient (Wildman–Crippen LogP) is 3.58. The number of aromatic carboxylic acids is 1. The zero-order chi connectivity index (χ0) is 23.5. The Morgan fingerprint density at radius 3 is 2.47 bits per heavy atom. The van der Waals surface area contributed by atoms with Crippen molar-refractivity contribution in [2.45, 2.75) is 38.5 Å².